The third-order valence-corrected chi connectivity index (χ3v) is 2.56. The van der Waals surface area contributed by atoms with Gasteiger partial charge in [0.15, 0.2) is 0 Å². The van der Waals surface area contributed by atoms with Crippen molar-refractivity contribution in [2.45, 2.75) is 6.42 Å². The number of fused-ring (bicyclic) bond motifs is 1. The molecule has 0 bridgehead atoms. The quantitative estimate of drug-likeness (QED) is 0.826. The van der Waals surface area contributed by atoms with E-state index in [1.54, 1.807) is 0 Å². The Morgan fingerprint density at radius 3 is 3.00 bits per heavy atom. The zero-order valence-corrected chi connectivity index (χ0v) is 8.92. The molecule has 4 heteroatoms. The fraction of sp³-hybridized carbons (Fsp3) is 0.364. The molecule has 2 rings (SSSR count). The Morgan fingerprint density at radius 1 is 1.47 bits per heavy atom. The van der Waals surface area contributed by atoms with Crippen molar-refractivity contribution in [3.8, 4) is 0 Å². The van der Waals surface area contributed by atoms with E-state index in [1.807, 2.05) is 24.7 Å². The predicted octanol–water partition coefficient (Wildman–Crippen LogP) is 1.47. The number of likely N-dealkylation sites (N-methyl/N-ethyl adjacent to an activating group) is 1. The van der Waals surface area contributed by atoms with Crippen molar-refractivity contribution >= 4 is 11.0 Å². The van der Waals surface area contributed by atoms with Crippen molar-refractivity contribution in [3.63, 3.8) is 0 Å². The second-order valence-electron chi connectivity index (χ2n) is 3.61. The van der Waals surface area contributed by atoms with Crippen LogP contribution in [-0.4, -0.2) is 23.1 Å². The van der Waals surface area contributed by atoms with Crippen LogP contribution in [0.3, 0.4) is 0 Å². The Bertz CT molecular complexity index is 476. The standard InChI is InChI=1S/C11H14FN3/c1-13-4-3-10-6-8-5-9(12)7-14-11(8)15(10)2/h5-7,13H,3-4H2,1-2H3. The van der Waals surface area contributed by atoms with E-state index in [-0.39, 0.29) is 5.82 Å². The summed E-state index contributed by atoms with van der Waals surface area (Å²) in [5, 5.41) is 3.96. The highest BCUT2D eigenvalue weighted by atomic mass is 19.1. The summed E-state index contributed by atoms with van der Waals surface area (Å²) in [5.74, 6) is -0.284. The largest absolute Gasteiger partial charge is 0.333 e. The van der Waals surface area contributed by atoms with Crippen LogP contribution in [0.2, 0.25) is 0 Å². The molecule has 80 valence electrons. The lowest BCUT2D eigenvalue weighted by Crippen LogP contribution is -2.12. The lowest BCUT2D eigenvalue weighted by Gasteiger charge is -2.02. The molecule has 0 amide bonds. The van der Waals surface area contributed by atoms with E-state index in [0.717, 1.165) is 29.7 Å². The van der Waals surface area contributed by atoms with Gasteiger partial charge in [-0.05, 0) is 19.2 Å². The molecule has 0 unspecified atom stereocenters. The number of hydrogen-bond acceptors (Lipinski definition) is 2. The van der Waals surface area contributed by atoms with Gasteiger partial charge in [0.25, 0.3) is 0 Å². The molecule has 2 aromatic heterocycles. The van der Waals surface area contributed by atoms with Crippen LogP contribution in [0.15, 0.2) is 18.3 Å². The minimum atomic E-state index is -0.284. The third-order valence-electron chi connectivity index (χ3n) is 2.56. The van der Waals surface area contributed by atoms with Gasteiger partial charge in [-0.1, -0.05) is 0 Å². The number of hydrogen-bond donors (Lipinski definition) is 1. The maximum Gasteiger partial charge on any atom is 0.142 e. The molecule has 0 aromatic carbocycles. The molecular formula is C11H14FN3. The summed E-state index contributed by atoms with van der Waals surface area (Å²) in [6, 6.07) is 3.51. The Labute approximate surface area is 87.9 Å². The first-order valence-corrected chi connectivity index (χ1v) is 4.97. The highest BCUT2D eigenvalue weighted by molar-refractivity contribution is 5.77. The summed E-state index contributed by atoms with van der Waals surface area (Å²) >= 11 is 0. The molecule has 15 heavy (non-hydrogen) atoms. The van der Waals surface area contributed by atoms with Crippen molar-refractivity contribution < 1.29 is 4.39 Å². The molecule has 0 spiro atoms. The summed E-state index contributed by atoms with van der Waals surface area (Å²) in [6.07, 6.45) is 2.18. The first-order valence-electron chi connectivity index (χ1n) is 4.97. The number of nitrogens with one attached hydrogen (secondary N) is 1. The number of nitrogens with zero attached hydrogens (tertiary/aromatic N) is 2. The molecule has 2 heterocycles. The SMILES string of the molecule is CNCCc1cc2cc(F)cnc2n1C. The van der Waals surface area contributed by atoms with Crippen molar-refractivity contribution in [1.82, 2.24) is 14.9 Å². The van der Waals surface area contributed by atoms with E-state index in [4.69, 9.17) is 0 Å². The van der Waals surface area contributed by atoms with Gasteiger partial charge in [-0.2, -0.15) is 0 Å². The van der Waals surface area contributed by atoms with Crippen LogP contribution in [0.1, 0.15) is 5.69 Å². The summed E-state index contributed by atoms with van der Waals surface area (Å²) in [7, 11) is 3.87. The number of pyridine rings is 1. The van der Waals surface area contributed by atoms with Crippen molar-refractivity contribution in [3.05, 3.63) is 29.8 Å². The number of rotatable bonds is 3. The Morgan fingerprint density at radius 2 is 2.27 bits per heavy atom. The van der Waals surface area contributed by atoms with E-state index in [9.17, 15) is 4.39 Å². The molecule has 0 fully saturated rings. The van der Waals surface area contributed by atoms with Crippen LogP contribution in [-0.2, 0) is 13.5 Å². The molecule has 0 aliphatic heterocycles. The average Bonchev–Trinajstić information content (AvgIpc) is 2.52. The molecule has 1 N–H and O–H groups in total. The molecular weight excluding hydrogens is 193 g/mol. The second kappa shape index (κ2) is 3.98. The number of aryl methyl sites for hydroxylation is 1. The summed E-state index contributed by atoms with van der Waals surface area (Å²) in [6.45, 7) is 0.909. The fourth-order valence-electron chi connectivity index (χ4n) is 1.74. The van der Waals surface area contributed by atoms with Gasteiger partial charge in [-0.25, -0.2) is 9.37 Å². The molecule has 0 saturated heterocycles. The van der Waals surface area contributed by atoms with Gasteiger partial charge in [0.05, 0.1) is 6.20 Å². The molecule has 0 aliphatic carbocycles. The van der Waals surface area contributed by atoms with Crippen LogP contribution in [0, 0.1) is 5.82 Å². The Hall–Kier alpha value is -1.42. The van der Waals surface area contributed by atoms with Gasteiger partial charge < -0.3 is 9.88 Å². The second-order valence-corrected chi connectivity index (χ2v) is 3.61. The van der Waals surface area contributed by atoms with Crippen molar-refractivity contribution in [2.24, 2.45) is 7.05 Å². The highest BCUT2D eigenvalue weighted by Crippen LogP contribution is 2.17. The van der Waals surface area contributed by atoms with Crippen LogP contribution in [0.5, 0.6) is 0 Å². The summed E-state index contributed by atoms with van der Waals surface area (Å²) in [5.41, 5.74) is 2.00. The molecule has 0 radical (unpaired) electrons. The van der Waals surface area contributed by atoms with E-state index in [0.29, 0.717) is 0 Å². The fourth-order valence-corrected chi connectivity index (χ4v) is 1.74. The normalized spacial score (nSPS) is 11.1. The van der Waals surface area contributed by atoms with Crippen LogP contribution >= 0.6 is 0 Å². The molecule has 3 nitrogen and oxygen atoms in total. The van der Waals surface area contributed by atoms with Gasteiger partial charge in [-0.3, -0.25) is 0 Å². The summed E-state index contributed by atoms with van der Waals surface area (Å²) < 4.78 is 15.0. The van der Waals surface area contributed by atoms with Crippen molar-refractivity contribution in [1.29, 1.82) is 0 Å². The molecule has 2 aromatic rings. The zero-order chi connectivity index (χ0) is 10.8. The zero-order valence-electron chi connectivity index (χ0n) is 8.92. The van der Waals surface area contributed by atoms with Crippen LogP contribution in [0.25, 0.3) is 11.0 Å². The monoisotopic (exact) mass is 207 g/mol. The highest BCUT2D eigenvalue weighted by Gasteiger charge is 2.06. The number of aromatic nitrogens is 2. The first-order chi connectivity index (χ1) is 7.22. The van der Waals surface area contributed by atoms with Gasteiger partial charge in [0.1, 0.15) is 11.5 Å². The van der Waals surface area contributed by atoms with Gasteiger partial charge in [0, 0.05) is 31.1 Å². The van der Waals surface area contributed by atoms with Gasteiger partial charge in [0.2, 0.25) is 0 Å². The first kappa shape index (κ1) is 10.1. The maximum absolute atomic E-state index is 12.9. The average molecular weight is 207 g/mol. The van der Waals surface area contributed by atoms with E-state index < -0.39 is 0 Å². The lowest BCUT2D eigenvalue weighted by atomic mass is 10.3. The van der Waals surface area contributed by atoms with Gasteiger partial charge in [-0.15, -0.1) is 0 Å². The Balaban J connectivity index is 2.44. The predicted molar refractivity (Wildman–Crippen MR) is 58.3 cm³/mol. The van der Waals surface area contributed by atoms with Crippen LogP contribution < -0.4 is 5.32 Å². The van der Waals surface area contributed by atoms with Crippen molar-refractivity contribution in [2.75, 3.05) is 13.6 Å². The van der Waals surface area contributed by atoms with E-state index >= 15 is 0 Å². The lowest BCUT2D eigenvalue weighted by molar-refractivity contribution is 0.623. The third kappa shape index (κ3) is 1.85. The summed E-state index contributed by atoms with van der Waals surface area (Å²) in [4.78, 5) is 4.08. The van der Waals surface area contributed by atoms with E-state index in [1.165, 1.54) is 12.3 Å². The molecule has 0 saturated carbocycles. The Kier molecular flexibility index (Phi) is 2.68. The maximum atomic E-state index is 12.9. The smallest absolute Gasteiger partial charge is 0.142 e. The molecule has 0 atom stereocenters. The minimum Gasteiger partial charge on any atom is -0.333 e. The topological polar surface area (TPSA) is 29.9 Å². The molecule has 0 aliphatic rings. The van der Waals surface area contributed by atoms with E-state index in [2.05, 4.69) is 10.3 Å². The number of halogens is 1. The minimum absolute atomic E-state index is 0.284. The van der Waals surface area contributed by atoms with Gasteiger partial charge >= 0.3 is 0 Å². The van der Waals surface area contributed by atoms with Crippen LogP contribution in [0.4, 0.5) is 4.39 Å².